The molecule has 168 valence electrons. The lowest BCUT2D eigenvalue weighted by Crippen LogP contribution is -2.48. The molecular weight excluding hydrogens is 451 g/mol. The first-order valence-electron chi connectivity index (χ1n) is 10.5. The first kappa shape index (κ1) is 22.6. The second kappa shape index (κ2) is 9.11. The number of phenolic OH excluding ortho intramolecular Hbond substituents is 1. The van der Waals surface area contributed by atoms with Gasteiger partial charge in [-0.05, 0) is 24.6 Å². The van der Waals surface area contributed by atoms with E-state index in [0.29, 0.717) is 54.9 Å². The summed E-state index contributed by atoms with van der Waals surface area (Å²) < 4.78 is 15.8. The fraction of sp³-hybridized carbons (Fsp3) is 0.348. The highest BCUT2D eigenvalue weighted by atomic mass is 35.5. The summed E-state index contributed by atoms with van der Waals surface area (Å²) in [6, 6.07) is 6.62. The Labute approximate surface area is 196 Å². The van der Waals surface area contributed by atoms with Gasteiger partial charge in [0.1, 0.15) is 23.4 Å². The molecule has 1 amide bonds. The standard InChI is InChI=1S/C23H24ClFN4O2S/c1-3-18(31)28-7-9-29(10-8-28)23-15-11-16(24)20(21(25)22(15)26-12-27-23)19-14(13(2)32)5-4-6-17(19)30/h4-6,11-13,30,32H,3,7-10H2,1-2H3. The highest BCUT2D eigenvalue weighted by Crippen LogP contribution is 2.44. The minimum atomic E-state index is -0.618. The first-order valence-corrected chi connectivity index (χ1v) is 11.4. The molecule has 3 aromatic rings. The lowest BCUT2D eigenvalue weighted by molar-refractivity contribution is -0.131. The van der Waals surface area contributed by atoms with Crippen molar-refractivity contribution in [3.8, 4) is 16.9 Å². The molecule has 1 atom stereocenters. The molecule has 32 heavy (non-hydrogen) atoms. The van der Waals surface area contributed by atoms with E-state index >= 15 is 4.39 Å². The number of rotatable bonds is 4. The fourth-order valence-electron chi connectivity index (χ4n) is 4.17. The second-order valence-corrected chi connectivity index (χ2v) is 8.96. The van der Waals surface area contributed by atoms with Crippen LogP contribution < -0.4 is 4.90 Å². The number of carbonyl (C=O) groups excluding carboxylic acids is 1. The van der Waals surface area contributed by atoms with Crippen molar-refractivity contribution >= 4 is 46.9 Å². The SMILES string of the molecule is CCC(=O)N1CCN(c2ncnc3c(F)c(-c4c(O)cccc4C(C)S)c(Cl)cc23)CC1. The summed E-state index contributed by atoms with van der Waals surface area (Å²) >= 11 is 11.1. The van der Waals surface area contributed by atoms with Crippen molar-refractivity contribution < 1.29 is 14.3 Å². The number of fused-ring (bicyclic) bond motifs is 1. The Hall–Kier alpha value is -2.58. The fourth-order valence-corrected chi connectivity index (χ4v) is 4.67. The second-order valence-electron chi connectivity index (χ2n) is 7.78. The molecule has 1 fully saturated rings. The van der Waals surface area contributed by atoms with Gasteiger partial charge in [0.25, 0.3) is 0 Å². The number of phenols is 1. The number of aromatic nitrogens is 2. The number of carbonyl (C=O) groups is 1. The van der Waals surface area contributed by atoms with E-state index in [1.165, 1.54) is 12.4 Å². The molecule has 4 rings (SSSR count). The van der Waals surface area contributed by atoms with Crippen LogP contribution in [0.3, 0.4) is 0 Å². The van der Waals surface area contributed by atoms with E-state index in [4.69, 9.17) is 11.6 Å². The van der Waals surface area contributed by atoms with Gasteiger partial charge in [-0.3, -0.25) is 4.79 Å². The summed E-state index contributed by atoms with van der Waals surface area (Å²) in [7, 11) is 0. The number of hydrogen-bond donors (Lipinski definition) is 2. The summed E-state index contributed by atoms with van der Waals surface area (Å²) in [5.41, 5.74) is 1.20. The van der Waals surface area contributed by atoms with Crippen molar-refractivity contribution in [3.63, 3.8) is 0 Å². The largest absolute Gasteiger partial charge is 0.507 e. The molecule has 2 heterocycles. The molecule has 1 saturated heterocycles. The summed E-state index contributed by atoms with van der Waals surface area (Å²) in [5, 5.41) is 10.9. The average Bonchev–Trinajstić information content (AvgIpc) is 2.79. The topological polar surface area (TPSA) is 69.6 Å². The number of piperazine rings is 1. The molecule has 0 aliphatic carbocycles. The summed E-state index contributed by atoms with van der Waals surface area (Å²) in [6.07, 6.45) is 1.80. The smallest absolute Gasteiger partial charge is 0.222 e. The molecule has 1 N–H and O–H groups in total. The third-order valence-electron chi connectivity index (χ3n) is 5.81. The quantitative estimate of drug-likeness (QED) is 0.529. The van der Waals surface area contributed by atoms with Gasteiger partial charge in [-0.2, -0.15) is 12.6 Å². The Balaban J connectivity index is 1.80. The molecule has 1 aromatic heterocycles. The monoisotopic (exact) mass is 474 g/mol. The van der Waals surface area contributed by atoms with Crippen molar-refractivity contribution in [2.45, 2.75) is 25.5 Å². The van der Waals surface area contributed by atoms with E-state index in [-0.39, 0.29) is 33.0 Å². The van der Waals surface area contributed by atoms with E-state index in [9.17, 15) is 9.90 Å². The molecule has 0 spiro atoms. The van der Waals surface area contributed by atoms with Crippen LogP contribution in [0.5, 0.6) is 5.75 Å². The van der Waals surface area contributed by atoms with Gasteiger partial charge in [0.15, 0.2) is 5.82 Å². The Morgan fingerprint density at radius 3 is 2.62 bits per heavy atom. The summed E-state index contributed by atoms with van der Waals surface area (Å²) in [4.78, 5) is 24.4. The number of aromatic hydroxyl groups is 1. The highest BCUT2D eigenvalue weighted by molar-refractivity contribution is 7.80. The van der Waals surface area contributed by atoms with Crippen LogP contribution in [0.15, 0.2) is 30.6 Å². The Kier molecular flexibility index (Phi) is 6.44. The minimum Gasteiger partial charge on any atom is -0.507 e. The molecule has 1 aliphatic heterocycles. The van der Waals surface area contributed by atoms with Crippen LogP contribution >= 0.6 is 24.2 Å². The molecule has 0 saturated carbocycles. The maximum Gasteiger partial charge on any atom is 0.222 e. The van der Waals surface area contributed by atoms with E-state index in [2.05, 4.69) is 22.6 Å². The zero-order chi connectivity index (χ0) is 23.0. The molecule has 1 unspecified atom stereocenters. The van der Waals surface area contributed by atoms with Crippen molar-refractivity contribution in [2.24, 2.45) is 0 Å². The highest BCUT2D eigenvalue weighted by Gasteiger charge is 2.26. The van der Waals surface area contributed by atoms with E-state index in [0.717, 1.165) is 0 Å². The number of thiol groups is 1. The normalized spacial score (nSPS) is 15.3. The van der Waals surface area contributed by atoms with Gasteiger partial charge in [0.05, 0.1) is 5.02 Å². The lowest BCUT2D eigenvalue weighted by Gasteiger charge is -2.35. The number of amides is 1. The van der Waals surface area contributed by atoms with Crippen LogP contribution in [0.2, 0.25) is 5.02 Å². The first-order chi connectivity index (χ1) is 15.3. The minimum absolute atomic E-state index is 0.0745. The van der Waals surface area contributed by atoms with E-state index in [1.807, 2.05) is 23.6 Å². The van der Waals surface area contributed by atoms with E-state index in [1.54, 1.807) is 18.2 Å². The number of anilines is 1. The molecule has 1 aliphatic rings. The molecule has 0 bridgehead atoms. The summed E-state index contributed by atoms with van der Waals surface area (Å²) in [5.74, 6) is 0.000979. The molecule has 2 aromatic carbocycles. The number of benzene rings is 2. The predicted octanol–water partition coefficient (Wildman–Crippen LogP) is 4.84. The number of hydrogen-bond acceptors (Lipinski definition) is 6. The zero-order valence-electron chi connectivity index (χ0n) is 17.8. The molecule has 9 heteroatoms. The predicted molar refractivity (Wildman–Crippen MR) is 128 cm³/mol. The Morgan fingerprint density at radius 2 is 1.97 bits per heavy atom. The Bertz CT molecular complexity index is 1180. The van der Waals surface area contributed by atoms with Crippen molar-refractivity contribution in [3.05, 3.63) is 47.0 Å². The van der Waals surface area contributed by atoms with Crippen LogP contribution in [0.1, 0.15) is 31.1 Å². The van der Waals surface area contributed by atoms with Crippen LogP contribution in [0.4, 0.5) is 10.2 Å². The van der Waals surface area contributed by atoms with Gasteiger partial charge >= 0.3 is 0 Å². The number of halogens is 2. The van der Waals surface area contributed by atoms with E-state index < -0.39 is 5.82 Å². The summed E-state index contributed by atoms with van der Waals surface area (Å²) in [6.45, 7) is 6.01. The van der Waals surface area contributed by atoms with Crippen LogP contribution in [-0.2, 0) is 4.79 Å². The van der Waals surface area contributed by atoms with Crippen LogP contribution in [0, 0.1) is 5.82 Å². The van der Waals surface area contributed by atoms with Crippen molar-refractivity contribution in [1.82, 2.24) is 14.9 Å². The van der Waals surface area contributed by atoms with Crippen molar-refractivity contribution in [1.29, 1.82) is 0 Å². The van der Waals surface area contributed by atoms with Gasteiger partial charge < -0.3 is 14.9 Å². The third-order valence-corrected chi connectivity index (χ3v) is 6.39. The number of nitrogens with zero attached hydrogens (tertiary/aromatic N) is 4. The van der Waals surface area contributed by atoms with Gasteiger partial charge in [0.2, 0.25) is 5.91 Å². The zero-order valence-corrected chi connectivity index (χ0v) is 19.5. The molecule has 6 nitrogen and oxygen atoms in total. The maximum absolute atomic E-state index is 15.8. The lowest BCUT2D eigenvalue weighted by atomic mass is 9.95. The molecular formula is C23H24ClFN4O2S. The Morgan fingerprint density at radius 1 is 1.25 bits per heavy atom. The maximum atomic E-state index is 15.8. The van der Waals surface area contributed by atoms with Crippen LogP contribution in [-0.4, -0.2) is 52.1 Å². The van der Waals surface area contributed by atoms with Gasteiger partial charge in [-0.1, -0.05) is 30.7 Å². The van der Waals surface area contributed by atoms with Gasteiger partial charge in [-0.25, -0.2) is 14.4 Å². The van der Waals surface area contributed by atoms with Gasteiger partial charge in [-0.15, -0.1) is 0 Å². The van der Waals surface area contributed by atoms with Crippen molar-refractivity contribution in [2.75, 3.05) is 31.1 Å². The van der Waals surface area contributed by atoms with Gasteiger partial charge in [0, 0.05) is 54.4 Å². The molecule has 0 radical (unpaired) electrons. The average molecular weight is 475 g/mol. The van der Waals surface area contributed by atoms with Crippen LogP contribution in [0.25, 0.3) is 22.0 Å². The third kappa shape index (κ3) is 3.97.